The predicted octanol–water partition coefficient (Wildman–Crippen LogP) is 6.88. The Hall–Kier alpha value is -1.96. The van der Waals surface area contributed by atoms with Crippen LogP contribution in [0.4, 0.5) is 0 Å². The second-order valence-electron chi connectivity index (χ2n) is 7.79. The lowest BCUT2D eigenvalue weighted by atomic mass is 9.84. The molecule has 0 bridgehead atoms. The van der Waals surface area contributed by atoms with E-state index in [1.165, 1.54) is 64.2 Å². The Balaban J connectivity index is 0.000000151. The van der Waals surface area contributed by atoms with E-state index in [1.807, 2.05) is 24.3 Å². The fourth-order valence-corrected chi connectivity index (χ4v) is 4.49. The van der Waals surface area contributed by atoms with Gasteiger partial charge in [-0.15, -0.1) is 0 Å². The highest BCUT2D eigenvalue weighted by molar-refractivity contribution is 5.35. The molecule has 2 aromatic carbocycles. The van der Waals surface area contributed by atoms with Gasteiger partial charge in [-0.2, -0.15) is 0 Å². The molecule has 0 saturated heterocycles. The van der Waals surface area contributed by atoms with Gasteiger partial charge in [0.05, 0.1) is 0 Å². The molecule has 2 fully saturated rings. The van der Waals surface area contributed by atoms with Crippen LogP contribution in [-0.2, 0) is 0 Å². The number of benzene rings is 2. The molecule has 2 nitrogen and oxygen atoms in total. The van der Waals surface area contributed by atoms with Gasteiger partial charge >= 0.3 is 0 Å². The number of aromatic hydroxyl groups is 2. The van der Waals surface area contributed by atoms with Crippen molar-refractivity contribution in [2.45, 2.75) is 76.0 Å². The highest BCUT2D eigenvalue weighted by Crippen LogP contribution is 2.37. The first-order valence-electron chi connectivity index (χ1n) is 10.3. The van der Waals surface area contributed by atoms with Crippen molar-refractivity contribution in [2.24, 2.45) is 0 Å². The van der Waals surface area contributed by atoms with Gasteiger partial charge in [-0.25, -0.2) is 0 Å². The summed E-state index contributed by atoms with van der Waals surface area (Å²) in [4.78, 5) is 0. The minimum absolute atomic E-state index is 0.481. The van der Waals surface area contributed by atoms with Crippen molar-refractivity contribution in [1.82, 2.24) is 0 Å². The van der Waals surface area contributed by atoms with E-state index < -0.39 is 0 Å². The number of phenols is 2. The summed E-state index contributed by atoms with van der Waals surface area (Å²) in [6, 6.07) is 15.5. The molecule has 2 aliphatic carbocycles. The fourth-order valence-electron chi connectivity index (χ4n) is 4.49. The van der Waals surface area contributed by atoms with Crippen molar-refractivity contribution in [2.75, 3.05) is 0 Å². The van der Waals surface area contributed by atoms with Gasteiger partial charge in [0.15, 0.2) is 0 Å². The lowest BCUT2D eigenvalue weighted by Gasteiger charge is -2.22. The summed E-state index contributed by atoms with van der Waals surface area (Å²) in [7, 11) is 0. The van der Waals surface area contributed by atoms with Crippen LogP contribution >= 0.6 is 0 Å². The summed E-state index contributed by atoms with van der Waals surface area (Å²) in [5, 5.41) is 19.3. The lowest BCUT2D eigenvalue weighted by Crippen LogP contribution is -2.04. The molecule has 0 aromatic heterocycles. The van der Waals surface area contributed by atoms with Crippen LogP contribution in [0.5, 0.6) is 11.5 Å². The molecule has 140 valence electrons. The highest BCUT2D eigenvalue weighted by atomic mass is 16.3. The molecule has 0 spiro atoms. The van der Waals surface area contributed by atoms with Crippen molar-refractivity contribution in [3.05, 3.63) is 59.7 Å². The summed E-state index contributed by atoms with van der Waals surface area (Å²) >= 11 is 0. The molecular weight excluding hydrogens is 320 g/mol. The summed E-state index contributed by atoms with van der Waals surface area (Å²) in [6.07, 6.45) is 13.0. The SMILES string of the molecule is Oc1ccccc1C1CCCCC1.Oc1ccccc1C1CCCCC1. The van der Waals surface area contributed by atoms with Gasteiger partial charge in [0.25, 0.3) is 0 Å². The molecule has 2 heteroatoms. The number of hydrogen-bond acceptors (Lipinski definition) is 2. The number of hydrogen-bond donors (Lipinski definition) is 2. The Kier molecular flexibility index (Phi) is 6.99. The molecule has 0 atom stereocenters. The molecule has 2 saturated carbocycles. The topological polar surface area (TPSA) is 40.5 Å². The van der Waals surface area contributed by atoms with Crippen LogP contribution in [0.25, 0.3) is 0 Å². The molecular formula is C24H32O2. The molecule has 2 aliphatic rings. The van der Waals surface area contributed by atoms with Gasteiger partial charge in [-0.3, -0.25) is 0 Å². The van der Waals surface area contributed by atoms with E-state index in [0.29, 0.717) is 23.3 Å². The van der Waals surface area contributed by atoms with E-state index in [4.69, 9.17) is 0 Å². The van der Waals surface area contributed by atoms with Crippen LogP contribution < -0.4 is 0 Å². The van der Waals surface area contributed by atoms with Crippen molar-refractivity contribution in [3.63, 3.8) is 0 Å². The molecule has 2 aromatic rings. The number of rotatable bonds is 2. The maximum absolute atomic E-state index is 9.66. The zero-order valence-electron chi connectivity index (χ0n) is 15.7. The number of phenolic OH excluding ortho intramolecular Hbond substituents is 2. The molecule has 4 rings (SSSR count). The van der Waals surface area contributed by atoms with Crippen LogP contribution in [0.3, 0.4) is 0 Å². The molecule has 0 aliphatic heterocycles. The van der Waals surface area contributed by atoms with Gasteiger partial charge in [0.2, 0.25) is 0 Å². The average molecular weight is 353 g/mol. The average Bonchev–Trinajstić information content (AvgIpc) is 2.71. The molecule has 2 N–H and O–H groups in total. The van der Waals surface area contributed by atoms with Gasteiger partial charge in [-0.05, 0) is 60.8 Å². The number of para-hydroxylation sites is 2. The van der Waals surface area contributed by atoms with E-state index in [2.05, 4.69) is 12.1 Å². The van der Waals surface area contributed by atoms with Crippen LogP contribution in [0.15, 0.2) is 48.5 Å². The Morgan fingerprint density at radius 3 is 1.19 bits per heavy atom. The van der Waals surface area contributed by atoms with E-state index in [9.17, 15) is 10.2 Å². The molecule has 26 heavy (non-hydrogen) atoms. The zero-order valence-corrected chi connectivity index (χ0v) is 15.7. The van der Waals surface area contributed by atoms with Gasteiger partial charge in [-0.1, -0.05) is 74.9 Å². The minimum atomic E-state index is 0.481. The molecule has 0 radical (unpaired) electrons. The van der Waals surface area contributed by atoms with E-state index in [-0.39, 0.29) is 0 Å². The first kappa shape index (κ1) is 18.8. The third-order valence-electron chi connectivity index (χ3n) is 5.96. The van der Waals surface area contributed by atoms with Gasteiger partial charge < -0.3 is 10.2 Å². The molecule has 0 heterocycles. The maximum Gasteiger partial charge on any atom is 0.119 e. The molecule has 0 amide bonds. The quantitative estimate of drug-likeness (QED) is 0.618. The predicted molar refractivity (Wildman–Crippen MR) is 108 cm³/mol. The molecule has 0 unspecified atom stereocenters. The van der Waals surface area contributed by atoms with Crippen molar-refractivity contribution >= 4 is 0 Å². The lowest BCUT2D eigenvalue weighted by molar-refractivity contribution is 0.414. The second-order valence-corrected chi connectivity index (χ2v) is 7.79. The third kappa shape index (κ3) is 5.03. The van der Waals surface area contributed by atoms with E-state index in [1.54, 1.807) is 12.1 Å². The Bertz CT molecular complexity index is 608. The van der Waals surface area contributed by atoms with Crippen molar-refractivity contribution in [1.29, 1.82) is 0 Å². The van der Waals surface area contributed by atoms with Crippen LogP contribution in [0, 0.1) is 0 Å². The largest absolute Gasteiger partial charge is 0.508 e. The third-order valence-corrected chi connectivity index (χ3v) is 5.96. The summed E-state index contributed by atoms with van der Waals surface area (Å²) < 4.78 is 0. The Labute approximate surface area is 157 Å². The standard InChI is InChI=1S/2C12H16O/c2*13-12-9-5-4-8-11(12)10-6-2-1-3-7-10/h2*4-5,8-10,13H,1-3,6-7H2. The minimum Gasteiger partial charge on any atom is -0.508 e. The maximum atomic E-state index is 9.66. The van der Waals surface area contributed by atoms with Crippen LogP contribution in [0.1, 0.15) is 87.2 Å². The fraction of sp³-hybridized carbons (Fsp3) is 0.500. The summed E-state index contributed by atoms with van der Waals surface area (Å²) in [5.41, 5.74) is 2.31. The van der Waals surface area contributed by atoms with Crippen molar-refractivity contribution in [3.8, 4) is 11.5 Å². The monoisotopic (exact) mass is 352 g/mol. The zero-order chi connectivity index (χ0) is 18.2. The normalized spacial score (nSPS) is 18.8. The first-order valence-corrected chi connectivity index (χ1v) is 10.3. The smallest absolute Gasteiger partial charge is 0.119 e. The van der Waals surface area contributed by atoms with E-state index in [0.717, 1.165) is 11.1 Å². The highest BCUT2D eigenvalue weighted by Gasteiger charge is 2.18. The first-order chi connectivity index (χ1) is 12.8. The van der Waals surface area contributed by atoms with Crippen molar-refractivity contribution < 1.29 is 10.2 Å². The van der Waals surface area contributed by atoms with Crippen LogP contribution in [-0.4, -0.2) is 10.2 Å². The van der Waals surface area contributed by atoms with E-state index >= 15 is 0 Å². The Morgan fingerprint density at radius 2 is 0.846 bits per heavy atom. The second kappa shape index (κ2) is 9.66. The van der Waals surface area contributed by atoms with Gasteiger partial charge in [0, 0.05) is 0 Å². The Morgan fingerprint density at radius 1 is 0.500 bits per heavy atom. The van der Waals surface area contributed by atoms with Crippen LogP contribution in [0.2, 0.25) is 0 Å². The summed E-state index contributed by atoms with van der Waals surface area (Å²) in [5.74, 6) is 2.17. The summed E-state index contributed by atoms with van der Waals surface area (Å²) in [6.45, 7) is 0. The van der Waals surface area contributed by atoms with Gasteiger partial charge in [0.1, 0.15) is 11.5 Å².